The zero-order valence-corrected chi connectivity index (χ0v) is 17.4. The average molecular weight is 397 g/mol. The highest BCUT2D eigenvalue weighted by molar-refractivity contribution is 6.48. The van der Waals surface area contributed by atoms with E-state index in [1.54, 1.807) is 6.26 Å². The zero-order chi connectivity index (χ0) is 20.6. The van der Waals surface area contributed by atoms with Crippen LogP contribution in [0.3, 0.4) is 0 Å². The summed E-state index contributed by atoms with van der Waals surface area (Å²) in [6, 6.07) is 7.77. The van der Waals surface area contributed by atoms with Gasteiger partial charge in [-0.05, 0) is 62.0 Å². The lowest BCUT2D eigenvalue weighted by atomic mass is 9.41. The molecule has 3 aliphatic carbocycles. The number of nitrogens with one attached hydrogen (secondary N) is 1. The van der Waals surface area contributed by atoms with E-state index in [1.165, 1.54) is 0 Å². The van der Waals surface area contributed by atoms with E-state index in [1.807, 2.05) is 24.3 Å². The minimum atomic E-state index is -1.08. The normalized spacial score (nSPS) is 35.8. The maximum absolute atomic E-state index is 11.6. The third kappa shape index (κ3) is 2.60. The van der Waals surface area contributed by atoms with Crippen molar-refractivity contribution < 1.29 is 23.6 Å². The Bertz CT molecular complexity index is 973. The van der Waals surface area contributed by atoms with Gasteiger partial charge in [-0.25, -0.2) is 4.79 Å². The van der Waals surface area contributed by atoms with Crippen LogP contribution >= 0.6 is 0 Å². The maximum Gasteiger partial charge on any atom is 0.482 e. The number of hydrogen-bond acceptors (Lipinski definition) is 4. The van der Waals surface area contributed by atoms with Crippen LogP contribution in [0.4, 0.5) is 4.79 Å². The van der Waals surface area contributed by atoms with Gasteiger partial charge in [-0.2, -0.15) is 0 Å². The van der Waals surface area contributed by atoms with Crippen molar-refractivity contribution in [3.63, 3.8) is 0 Å². The maximum atomic E-state index is 11.6. The van der Waals surface area contributed by atoms with Crippen molar-refractivity contribution in [1.82, 2.24) is 5.32 Å². The van der Waals surface area contributed by atoms with Crippen molar-refractivity contribution in [3.05, 3.63) is 36.1 Å². The van der Waals surface area contributed by atoms with Gasteiger partial charge in [-0.3, -0.25) is 0 Å². The Morgan fingerprint density at radius 3 is 2.76 bits per heavy atom. The zero-order valence-electron chi connectivity index (χ0n) is 17.4. The van der Waals surface area contributed by atoms with Gasteiger partial charge in [-0.1, -0.05) is 32.0 Å². The van der Waals surface area contributed by atoms with Crippen LogP contribution in [0.2, 0.25) is 0 Å². The summed E-state index contributed by atoms with van der Waals surface area (Å²) >= 11 is 0. The van der Waals surface area contributed by atoms with Crippen LogP contribution in [0.1, 0.15) is 46.1 Å². The van der Waals surface area contributed by atoms with E-state index >= 15 is 0 Å². The minimum Gasteiger partial charge on any atom is -0.465 e. The molecule has 6 nitrogen and oxygen atoms in total. The van der Waals surface area contributed by atoms with Crippen LogP contribution in [0.25, 0.3) is 11.0 Å². The molecule has 29 heavy (non-hydrogen) atoms. The predicted molar refractivity (Wildman–Crippen MR) is 110 cm³/mol. The van der Waals surface area contributed by atoms with E-state index in [9.17, 15) is 9.90 Å². The van der Waals surface area contributed by atoms with Crippen LogP contribution in [0.5, 0.6) is 0 Å². The van der Waals surface area contributed by atoms with Crippen molar-refractivity contribution in [2.45, 2.75) is 64.1 Å². The van der Waals surface area contributed by atoms with E-state index in [4.69, 9.17) is 13.7 Å². The standard InChI is InChI=1S/C22H28BNO5/c1-20(2)14-10-17(20)22(4)21(3,11-14)28-23(29-22)18(24-19(25)26)9-13-12-27-16-8-6-5-7-15(13)16/h5-8,12,14,17-18,24H,9-11H2,1-4H3,(H,25,26)/t14-,17-,18-,21+,22-/m0/s1. The van der Waals surface area contributed by atoms with Crippen LogP contribution < -0.4 is 5.32 Å². The fourth-order valence-electron chi connectivity index (χ4n) is 6.20. The highest BCUT2D eigenvalue weighted by Crippen LogP contribution is 2.69. The molecule has 2 aromatic rings. The highest BCUT2D eigenvalue weighted by Gasteiger charge is 2.73. The number of hydrogen-bond donors (Lipinski definition) is 2. The second-order valence-corrected chi connectivity index (χ2v) is 9.97. The van der Waals surface area contributed by atoms with Crippen molar-refractivity contribution in [2.24, 2.45) is 17.3 Å². The molecule has 1 aromatic carbocycles. The third-order valence-electron chi connectivity index (χ3n) is 8.20. The number of benzene rings is 1. The molecule has 0 radical (unpaired) electrons. The molecule has 2 heterocycles. The molecular weight excluding hydrogens is 369 g/mol. The SMILES string of the molecule is CC1(C)[C@H]2C[C@@H]1[C@]1(C)OB([C@H](Cc3coc4ccccc34)NC(=O)O)O[C@]1(C)C2. The number of para-hydroxylation sites is 1. The van der Waals surface area contributed by atoms with Crippen LogP contribution in [0.15, 0.2) is 34.9 Å². The summed E-state index contributed by atoms with van der Waals surface area (Å²) in [4.78, 5) is 11.6. The van der Waals surface area contributed by atoms with Crippen LogP contribution in [-0.2, 0) is 15.7 Å². The molecule has 2 N–H and O–H groups in total. The second kappa shape index (κ2) is 6.02. The number of amides is 1. The van der Waals surface area contributed by atoms with Gasteiger partial charge < -0.3 is 24.1 Å². The van der Waals surface area contributed by atoms with Crippen LogP contribution in [0, 0.1) is 17.3 Å². The van der Waals surface area contributed by atoms with E-state index in [-0.39, 0.29) is 5.41 Å². The summed E-state index contributed by atoms with van der Waals surface area (Å²) in [7, 11) is -0.634. The summed E-state index contributed by atoms with van der Waals surface area (Å²) in [5.41, 5.74) is 1.13. The quantitative estimate of drug-likeness (QED) is 0.754. The summed E-state index contributed by atoms with van der Waals surface area (Å²) in [5, 5.41) is 13.1. The first kappa shape index (κ1) is 19.0. The predicted octanol–water partition coefficient (Wildman–Crippen LogP) is 4.27. The van der Waals surface area contributed by atoms with Gasteiger partial charge in [0.05, 0.1) is 23.4 Å². The lowest BCUT2D eigenvalue weighted by molar-refractivity contribution is -0.235. The van der Waals surface area contributed by atoms with Crippen LogP contribution in [-0.4, -0.2) is 35.5 Å². The smallest absolute Gasteiger partial charge is 0.465 e. The first-order valence-corrected chi connectivity index (χ1v) is 10.4. The summed E-state index contributed by atoms with van der Waals surface area (Å²) in [5.74, 6) is 0.508. The summed E-state index contributed by atoms with van der Waals surface area (Å²) in [6.07, 6.45) is 3.16. The van der Waals surface area contributed by atoms with E-state index in [2.05, 4.69) is 33.0 Å². The molecule has 154 valence electrons. The van der Waals surface area contributed by atoms with Gasteiger partial charge in [0.2, 0.25) is 0 Å². The van der Waals surface area contributed by atoms with Gasteiger partial charge >= 0.3 is 13.2 Å². The Labute approximate surface area is 171 Å². The molecule has 0 spiro atoms. The van der Waals surface area contributed by atoms with E-state index < -0.39 is 30.4 Å². The largest absolute Gasteiger partial charge is 0.482 e. The number of rotatable bonds is 4. The van der Waals surface area contributed by atoms with Crippen molar-refractivity contribution >= 4 is 24.2 Å². The molecule has 6 rings (SSSR count). The number of fused-ring (bicyclic) bond motifs is 1. The summed E-state index contributed by atoms with van der Waals surface area (Å²) < 4.78 is 18.7. The second-order valence-electron chi connectivity index (χ2n) is 9.97. The Morgan fingerprint density at radius 2 is 2.03 bits per heavy atom. The minimum absolute atomic E-state index is 0.225. The van der Waals surface area contributed by atoms with E-state index in [0.29, 0.717) is 18.3 Å². The third-order valence-corrected chi connectivity index (χ3v) is 8.20. The van der Waals surface area contributed by atoms with Gasteiger partial charge in [0.1, 0.15) is 5.58 Å². The molecular formula is C22H28BNO5. The summed E-state index contributed by atoms with van der Waals surface area (Å²) in [6.45, 7) is 8.92. The van der Waals surface area contributed by atoms with E-state index in [0.717, 1.165) is 29.4 Å². The van der Waals surface area contributed by atoms with Crippen molar-refractivity contribution in [1.29, 1.82) is 0 Å². The topological polar surface area (TPSA) is 80.9 Å². The Kier molecular flexibility index (Phi) is 3.94. The lowest BCUT2D eigenvalue weighted by Crippen LogP contribution is -2.70. The fourth-order valence-corrected chi connectivity index (χ4v) is 6.20. The molecule has 3 saturated carbocycles. The molecule has 4 aliphatic rings. The molecule has 1 amide bonds. The average Bonchev–Trinajstić information content (AvgIpc) is 3.18. The number of carboxylic acid groups (broad SMARTS) is 1. The molecule has 1 aromatic heterocycles. The number of carbonyl (C=O) groups is 1. The van der Waals surface area contributed by atoms with Gasteiger partial charge in [0, 0.05) is 5.39 Å². The van der Waals surface area contributed by atoms with Gasteiger partial charge in [0.25, 0.3) is 0 Å². The van der Waals surface area contributed by atoms with Crippen molar-refractivity contribution in [3.8, 4) is 0 Å². The first-order valence-electron chi connectivity index (χ1n) is 10.4. The van der Waals surface area contributed by atoms with Gasteiger partial charge in [0.15, 0.2) is 0 Å². The molecule has 5 atom stereocenters. The van der Waals surface area contributed by atoms with Crippen molar-refractivity contribution in [2.75, 3.05) is 0 Å². The molecule has 1 saturated heterocycles. The Balaban J connectivity index is 1.45. The molecule has 4 fully saturated rings. The monoisotopic (exact) mass is 397 g/mol. The number of furan rings is 1. The Morgan fingerprint density at radius 1 is 1.28 bits per heavy atom. The Hall–Kier alpha value is -1.99. The lowest BCUT2D eigenvalue weighted by Gasteiger charge is -2.67. The highest BCUT2D eigenvalue weighted by atomic mass is 16.7. The first-order chi connectivity index (χ1) is 13.6. The fraction of sp³-hybridized carbons (Fsp3) is 0.591. The molecule has 1 aliphatic heterocycles. The molecule has 7 heteroatoms. The molecule has 0 unspecified atom stereocenters. The molecule has 2 bridgehead atoms. The van der Waals surface area contributed by atoms with Gasteiger partial charge in [-0.15, -0.1) is 0 Å².